The van der Waals surface area contributed by atoms with Crippen molar-refractivity contribution in [3.05, 3.63) is 94.5 Å². The number of hydrogen-bond donors (Lipinski definition) is 1. The topological polar surface area (TPSA) is 67.9 Å². The van der Waals surface area contributed by atoms with E-state index >= 15 is 0 Å². The van der Waals surface area contributed by atoms with Gasteiger partial charge in [-0.15, -0.1) is 0 Å². The molecule has 1 saturated heterocycles. The van der Waals surface area contributed by atoms with E-state index in [1.54, 1.807) is 12.0 Å². The SMILES string of the molecule is CCOC(=O)C1C(c2ccc(Br)cc2)N(c2ccccc2)OC12C(=O)Nc1ccccc12. The molecule has 2 aliphatic rings. The Morgan fingerprint density at radius 1 is 1.06 bits per heavy atom. The second-order valence-electron chi connectivity index (χ2n) is 7.71. The van der Waals surface area contributed by atoms with Crippen molar-refractivity contribution in [3.8, 4) is 0 Å². The first-order valence-corrected chi connectivity index (χ1v) is 11.2. The zero-order valence-corrected chi connectivity index (χ0v) is 18.9. The molecule has 162 valence electrons. The van der Waals surface area contributed by atoms with Gasteiger partial charge in [-0.1, -0.05) is 64.5 Å². The molecule has 7 heteroatoms. The lowest BCUT2D eigenvalue weighted by Crippen LogP contribution is -2.45. The van der Waals surface area contributed by atoms with Crippen LogP contribution in [0, 0.1) is 5.92 Å². The molecule has 1 N–H and O–H groups in total. The number of benzene rings is 3. The summed E-state index contributed by atoms with van der Waals surface area (Å²) in [7, 11) is 0. The summed E-state index contributed by atoms with van der Waals surface area (Å²) in [6.07, 6.45) is 0. The Labute approximate surface area is 194 Å². The highest BCUT2D eigenvalue weighted by Crippen LogP contribution is 2.57. The predicted molar refractivity (Wildman–Crippen MR) is 124 cm³/mol. The van der Waals surface area contributed by atoms with Crippen LogP contribution in [0.5, 0.6) is 0 Å². The number of rotatable bonds is 4. The monoisotopic (exact) mass is 492 g/mol. The lowest BCUT2D eigenvalue weighted by Gasteiger charge is -2.27. The van der Waals surface area contributed by atoms with Crippen LogP contribution in [-0.2, 0) is 24.8 Å². The van der Waals surface area contributed by atoms with Crippen molar-refractivity contribution in [2.24, 2.45) is 5.92 Å². The number of esters is 1. The van der Waals surface area contributed by atoms with Crippen molar-refractivity contribution >= 4 is 39.2 Å². The molecular formula is C25H21BrN2O4. The molecule has 0 radical (unpaired) electrons. The van der Waals surface area contributed by atoms with E-state index in [4.69, 9.17) is 9.57 Å². The Balaban J connectivity index is 1.75. The minimum atomic E-state index is -1.55. The number of fused-ring (bicyclic) bond motifs is 2. The lowest BCUT2D eigenvalue weighted by atomic mass is 9.76. The second-order valence-corrected chi connectivity index (χ2v) is 8.63. The molecule has 0 aromatic heterocycles. The van der Waals surface area contributed by atoms with Gasteiger partial charge in [0.25, 0.3) is 5.91 Å². The molecule has 3 unspecified atom stereocenters. The van der Waals surface area contributed by atoms with Gasteiger partial charge in [-0.2, -0.15) is 0 Å². The molecular weight excluding hydrogens is 472 g/mol. The smallest absolute Gasteiger partial charge is 0.315 e. The maximum Gasteiger partial charge on any atom is 0.315 e. The summed E-state index contributed by atoms with van der Waals surface area (Å²) < 4.78 is 6.42. The molecule has 2 heterocycles. The molecule has 0 bridgehead atoms. The summed E-state index contributed by atoms with van der Waals surface area (Å²) >= 11 is 3.47. The highest BCUT2D eigenvalue weighted by atomic mass is 79.9. The van der Waals surface area contributed by atoms with Crippen LogP contribution >= 0.6 is 15.9 Å². The van der Waals surface area contributed by atoms with E-state index in [9.17, 15) is 9.59 Å². The zero-order chi connectivity index (χ0) is 22.3. The van der Waals surface area contributed by atoms with Gasteiger partial charge >= 0.3 is 5.97 Å². The van der Waals surface area contributed by atoms with E-state index in [-0.39, 0.29) is 12.5 Å². The van der Waals surface area contributed by atoms with Gasteiger partial charge < -0.3 is 10.1 Å². The molecule has 3 atom stereocenters. The van der Waals surface area contributed by atoms with E-state index < -0.39 is 23.5 Å². The van der Waals surface area contributed by atoms with Crippen molar-refractivity contribution in [2.75, 3.05) is 17.0 Å². The standard InChI is InChI=1S/C25H21BrN2O4/c1-2-31-23(29)21-22(16-12-14-17(26)15-13-16)28(18-8-4-3-5-9-18)32-25(21)19-10-6-7-11-20(19)27-24(25)30/h3-15,21-22H,2H2,1H3,(H,27,30). The van der Waals surface area contributed by atoms with Crippen LogP contribution in [-0.4, -0.2) is 18.5 Å². The van der Waals surface area contributed by atoms with E-state index in [0.29, 0.717) is 11.3 Å². The number of halogens is 1. The van der Waals surface area contributed by atoms with Crippen LogP contribution in [0.1, 0.15) is 24.1 Å². The van der Waals surface area contributed by atoms with Gasteiger partial charge in [0, 0.05) is 15.7 Å². The Bertz CT molecular complexity index is 1170. The summed E-state index contributed by atoms with van der Waals surface area (Å²) in [5, 5.41) is 4.58. The predicted octanol–water partition coefficient (Wildman–Crippen LogP) is 4.97. The number of carbonyl (C=O) groups excluding carboxylic acids is 2. The summed E-state index contributed by atoms with van der Waals surface area (Å²) in [6.45, 7) is 1.96. The lowest BCUT2D eigenvalue weighted by molar-refractivity contribution is -0.161. The summed E-state index contributed by atoms with van der Waals surface area (Å²) in [5.41, 5.74) is 1.30. The average Bonchev–Trinajstić information content (AvgIpc) is 3.31. The largest absolute Gasteiger partial charge is 0.466 e. The number of carbonyl (C=O) groups is 2. The Kier molecular flexibility index (Phi) is 5.23. The molecule has 32 heavy (non-hydrogen) atoms. The fraction of sp³-hybridized carbons (Fsp3) is 0.200. The summed E-state index contributed by atoms with van der Waals surface area (Å²) in [5.74, 6) is -1.78. The molecule has 0 saturated carbocycles. The van der Waals surface area contributed by atoms with Crippen molar-refractivity contribution in [3.63, 3.8) is 0 Å². The third-order valence-corrected chi connectivity index (χ3v) is 6.45. The normalized spacial score (nSPS) is 23.8. The molecule has 0 aliphatic carbocycles. The number of hydrogen-bond acceptors (Lipinski definition) is 5. The first-order valence-electron chi connectivity index (χ1n) is 10.4. The molecule has 1 amide bonds. The van der Waals surface area contributed by atoms with E-state index in [1.165, 1.54) is 0 Å². The number of amides is 1. The van der Waals surface area contributed by atoms with Gasteiger partial charge in [-0.3, -0.25) is 14.4 Å². The minimum absolute atomic E-state index is 0.201. The minimum Gasteiger partial charge on any atom is -0.466 e. The molecule has 3 aromatic carbocycles. The van der Waals surface area contributed by atoms with E-state index in [1.807, 2.05) is 78.9 Å². The van der Waals surface area contributed by atoms with Gasteiger partial charge in [-0.05, 0) is 42.8 Å². The molecule has 1 fully saturated rings. The van der Waals surface area contributed by atoms with Crippen LogP contribution in [0.15, 0.2) is 83.3 Å². The number of hydroxylamine groups is 1. The number of ether oxygens (including phenoxy) is 1. The van der Waals surface area contributed by atoms with Crippen LogP contribution in [0.4, 0.5) is 11.4 Å². The van der Waals surface area contributed by atoms with Crippen molar-refractivity contribution < 1.29 is 19.2 Å². The quantitative estimate of drug-likeness (QED) is 0.520. The number of anilines is 2. The van der Waals surface area contributed by atoms with Gasteiger partial charge in [-0.25, -0.2) is 5.06 Å². The van der Waals surface area contributed by atoms with Gasteiger partial charge in [0.15, 0.2) is 0 Å². The van der Waals surface area contributed by atoms with Crippen LogP contribution in [0.3, 0.4) is 0 Å². The summed E-state index contributed by atoms with van der Waals surface area (Å²) in [4.78, 5) is 33.5. The van der Waals surface area contributed by atoms with Crippen molar-refractivity contribution in [1.82, 2.24) is 0 Å². The highest BCUT2D eigenvalue weighted by molar-refractivity contribution is 9.10. The third-order valence-electron chi connectivity index (χ3n) is 5.92. The Hall–Kier alpha value is -3.16. The Morgan fingerprint density at radius 3 is 2.47 bits per heavy atom. The Morgan fingerprint density at radius 2 is 1.75 bits per heavy atom. The van der Waals surface area contributed by atoms with E-state index in [0.717, 1.165) is 15.7 Å². The molecule has 3 aromatic rings. The van der Waals surface area contributed by atoms with Gasteiger partial charge in [0.1, 0.15) is 5.92 Å². The first kappa shape index (κ1) is 20.7. The summed E-state index contributed by atoms with van der Waals surface area (Å²) in [6, 6.07) is 23.9. The molecule has 1 spiro atoms. The van der Waals surface area contributed by atoms with Crippen LogP contribution < -0.4 is 10.4 Å². The third kappa shape index (κ3) is 3.12. The maximum atomic E-state index is 13.5. The maximum absolute atomic E-state index is 13.5. The molecule has 5 rings (SSSR count). The van der Waals surface area contributed by atoms with E-state index in [2.05, 4.69) is 21.2 Å². The van der Waals surface area contributed by atoms with Gasteiger partial charge in [0.2, 0.25) is 5.60 Å². The van der Waals surface area contributed by atoms with Crippen LogP contribution in [0.2, 0.25) is 0 Å². The number of para-hydroxylation sites is 2. The average molecular weight is 493 g/mol. The van der Waals surface area contributed by atoms with Crippen molar-refractivity contribution in [1.29, 1.82) is 0 Å². The zero-order valence-electron chi connectivity index (χ0n) is 17.3. The molecule has 6 nitrogen and oxygen atoms in total. The van der Waals surface area contributed by atoms with Crippen LogP contribution in [0.25, 0.3) is 0 Å². The van der Waals surface area contributed by atoms with Crippen molar-refractivity contribution in [2.45, 2.75) is 18.6 Å². The first-order chi connectivity index (χ1) is 15.6. The second kappa shape index (κ2) is 8.07. The number of nitrogens with zero attached hydrogens (tertiary/aromatic N) is 1. The number of nitrogens with one attached hydrogen (secondary N) is 1. The molecule has 2 aliphatic heterocycles. The fourth-order valence-electron chi connectivity index (χ4n) is 4.58. The highest BCUT2D eigenvalue weighted by Gasteiger charge is 2.67. The fourth-order valence-corrected chi connectivity index (χ4v) is 4.85. The van der Waals surface area contributed by atoms with Gasteiger partial charge in [0.05, 0.1) is 18.3 Å².